The number of furan rings is 1. The van der Waals surface area contributed by atoms with Crippen molar-refractivity contribution in [3.63, 3.8) is 0 Å². The van der Waals surface area contributed by atoms with Crippen LogP contribution in [0.15, 0.2) is 259 Å². The van der Waals surface area contributed by atoms with Crippen LogP contribution in [-0.4, -0.2) is 0 Å². The minimum absolute atomic E-state index is 0.769. The molecular formula is C65H42N2O. The van der Waals surface area contributed by atoms with Gasteiger partial charge in [-0.15, -0.1) is 0 Å². The van der Waals surface area contributed by atoms with Crippen LogP contribution in [0.1, 0.15) is 22.5 Å². The average Bonchev–Trinajstić information content (AvgIpc) is 4.04. The van der Waals surface area contributed by atoms with Gasteiger partial charge in [-0.05, 0) is 122 Å². The van der Waals surface area contributed by atoms with Crippen LogP contribution in [0.3, 0.4) is 0 Å². The highest BCUT2D eigenvalue weighted by Gasteiger charge is 2.56. The second-order valence-electron chi connectivity index (χ2n) is 17.9. The Morgan fingerprint density at radius 2 is 0.853 bits per heavy atom. The van der Waals surface area contributed by atoms with Gasteiger partial charge in [0.05, 0.1) is 11.4 Å². The number of benzene rings is 11. The van der Waals surface area contributed by atoms with Crippen LogP contribution in [-0.2, 0) is 5.41 Å². The number of nitrogens with zero attached hydrogens (tertiary/aromatic N) is 2. The summed E-state index contributed by atoms with van der Waals surface area (Å²) in [6, 6.07) is 92.8. The zero-order valence-corrected chi connectivity index (χ0v) is 37.1. The topological polar surface area (TPSA) is 19.6 Å². The van der Waals surface area contributed by atoms with E-state index in [0.717, 1.165) is 56.4 Å². The first-order chi connectivity index (χ1) is 33.8. The molecule has 1 heterocycles. The molecule has 0 N–H and O–H groups in total. The number of anilines is 6. The van der Waals surface area contributed by atoms with E-state index >= 15 is 0 Å². The van der Waals surface area contributed by atoms with Gasteiger partial charge in [0.25, 0.3) is 0 Å². The van der Waals surface area contributed by atoms with Crippen molar-refractivity contribution in [1.29, 1.82) is 0 Å². The quantitative estimate of drug-likeness (QED) is 0.149. The normalized spacial score (nSPS) is 14.2. The minimum atomic E-state index is -0.769. The van der Waals surface area contributed by atoms with Crippen molar-refractivity contribution >= 4 is 66.6 Å². The van der Waals surface area contributed by atoms with Crippen molar-refractivity contribution < 1.29 is 4.42 Å². The van der Waals surface area contributed by atoms with Crippen LogP contribution < -0.4 is 9.80 Å². The molecule has 1 unspecified atom stereocenters. The fraction of sp³-hybridized carbons (Fsp3) is 0.0154. The third-order valence-corrected chi connectivity index (χ3v) is 14.4. The van der Waals surface area contributed by atoms with Crippen LogP contribution in [0.5, 0.6) is 0 Å². The van der Waals surface area contributed by atoms with E-state index in [4.69, 9.17) is 4.42 Å². The Morgan fingerprint density at radius 1 is 0.309 bits per heavy atom. The molecule has 68 heavy (non-hydrogen) atoms. The predicted molar refractivity (Wildman–Crippen MR) is 282 cm³/mol. The molecule has 11 aromatic carbocycles. The first kappa shape index (κ1) is 38.4. The van der Waals surface area contributed by atoms with Gasteiger partial charge in [0.15, 0.2) is 0 Å². The maximum absolute atomic E-state index is 7.32. The maximum Gasteiger partial charge on any atom is 0.135 e. The van der Waals surface area contributed by atoms with Gasteiger partial charge in [-0.25, -0.2) is 0 Å². The molecule has 12 aromatic rings. The van der Waals surface area contributed by atoms with Crippen molar-refractivity contribution in [3.8, 4) is 33.4 Å². The van der Waals surface area contributed by atoms with Gasteiger partial charge >= 0.3 is 0 Å². The van der Waals surface area contributed by atoms with Crippen LogP contribution in [0, 0.1) is 0 Å². The molecule has 0 aliphatic heterocycles. The van der Waals surface area contributed by atoms with Crippen LogP contribution in [0.2, 0.25) is 0 Å². The van der Waals surface area contributed by atoms with Gasteiger partial charge < -0.3 is 14.2 Å². The molecule has 3 nitrogen and oxygen atoms in total. The lowest BCUT2D eigenvalue weighted by atomic mass is 9.73. The molecule has 0 bridgehead atoms. The molecule has 0 fully saturated rings. The Kier molecular flexibility index (Phi) is 8.50. The average molecular weight is 867 g/mol. The van der Waals surface area contributed by atoms with Gasteiger partial charge in [-0.3, -0.25) is 0 Å². The highest BCUT2D eigenvalue weighted by atomic mass is 16.3. The molecule has 0 amide bonds. The van der Waals surface area contributed by atoms with Crippen molar-refractivity contribution in [3.05, 3.63) is 277 Å². The Balaban J connectivity index is 1.05. The lowest BCUT2D eigenvalue weighted by molar-refractivity contribution is 0.507. The summed E-state index contributed by atoms with van der Waals surface area (Å²) < 4.78 is 7.32. The van der Waals surface area contributed by atoms with E-state index in [0.29, 0.717) is 0 Å². The Morgan fingerprint density at radius 3 is 1.62 bits per heavy atom. The molecule has 0 saturated heterocycles. The summed E-state index contributed by atoms with van der Waals surface area (Å²) in [6.07, 6.45) is 0. The Bertz CT molecular complexity index is 3910. The van der Waals surface area contributed by atoms with Gasteiger partial charge in [-0.2, -0.15) is 0 Å². The summed E-state index contributed by atoms with van der Waals surface area (Å²) in [4.78, 5) is 4.88. The van der Waals surface area contributed by atoms with Crippen molar-refractivity contribution in [2.45, 2.75) is 5.41 Å². The molecule has 1 atom stereocenters. The number of fused-ring (bicyclic) bond motifs is 15. The second-order valence-corrected chi connectivity index (χ2v) is 17.9. The van der Waals surface area contributed by atoms with Crippen molar-refractivity contribution in [2.75, 3.05) is 9.80 Å². The molecule has 14 rings (SSSR count). The monoisotopic (exact) mass is 866 g/mol. The van der Waals surface area contributed by atoms with Gasteiger partial charge in [0.2, 0.25) is 0 Å². The van der Waals surface area contributed by atoms with Gasteiger partial charge in [-0.1, -0.05) is 188 Å². The standard InChI is InChI=1S/C65H42N2O/c1-4-19-43(20-5-1)44-35-37-48(38-36-44)66(46-22-6-2-7-23-46)59-33-18-32-57-63(59)53-29-14-16-31-56(53)65(57)58-42-49(39-40-54(58)62-55-30-15-17-34-61(55)68-64(62)65)67(47-24-8-3-9-25-47)60-41-45-21-10-11-26-50(45)51-27-12-13-28-52(51)60/h1-42H. The summed E-state index contributed by atoms with van der Waals surface area (Å²) >= 11 is 0. The number of hydrogen-bond donors (Lipinski definition) is 0. The first-order valence-corrected chi connectivity index (χ1v) is 23.4. The molecule has 0 radical (unpaired) electrons. The smallest absolute Gasteiger partial charge is 0.135 e. The summed E-state index contributed by atoms with van der Waals surface area (Å²) in [5.41, 5.74) is 17.5. The van der Waals surface area contributed by atoms with E-state index in [-0.39, 0.29) is 0 Å². The minimum Gasteiger partial charge on any atom is -0.459 e. The summed E-state index contributed by atoms with van der Waals surface area (Å²) in [6.45, 7) is 0. The molecule has 0 saturated carbocycles. The summed E-state index contributed by atoms with van der Waals surface area (Å²) in [5, 5.41) is 6.00. The van der Waals surface area contributed by atoms with Crippen LogP contribution in [0.4, 0.5) is 34.1 Å². The highest BCUT2D eigenvalue weighted by molar-refractivity contribution is 6.15. The van der Waals surface area contributed by atoms with Crippen LogP contribution in [0.25, 0.3) is 65.9 Å². The van der Waals surface area contributed by atoms with Crippen LogP contribution >= 0.6 is 0 Å². The Hall–Kier alpha value is -8.92. The van der Waals surface area contributed by atoms with Crippen molar-refractivity contribution in [2.24, 2.45) is 0 Å². The number of rotatable bonds is 7. The second kappa shape index (κ2) is 15.1. The largest absolute Gasteiger partial charge is 0.459 e. The Labute approximate surface area is 395 Å². The van der Waals surface area contributed by atoms with E-state index in [1.807, 2.05) is 0 Å². The lowest BCUT2D eigenvalue weighted by Crippen LogP contribution is -2.26. The van der Waals surface area contributed by atoms with Gasteiger partial charge in [0.1, 0.15) is 16.8 Å². The fourth-order valence-electron chi connectivity index (χ4n) is 11.6. The summed E-state index contributed by atoms with van der Waals surface area (Å²) in [7, 11) is 0. The third-order valence-electron chi connectivity index (χ3n) is 14.4. The third kappa shape index (κ3) is 5.54. The summed E-state index contributed by atoms with van der Waals surface area (Å²) in [5.74, 6) is 0.968. The number of hydrogen-bond acceptors (Lipinski definition) is 3. The van der Waals surface area contributed by atoms with Crippen molar-refractivity contribution in [1.82, 2.24) is 0 Å². The molecular weight excluding hydrogens is 825 g/mol. The highest BCUT2D eigenvalue weighted by Crippen LogP contribution is 2.67. The SMILES string of the molecule is c1ccc(-c2ccc(N(c3ccccc3)c3cccc4c3-c3ccccc3C43c4cc(N(c5ccccc5)c5cc6ccccc6c6ccccc56)ccc4-c4c3oc3ccccc43)cc2)cc1. The molecule has 2 aliphatic rings. The first-order valence-electron chi connectivity index (χ1n) is 23.4. The van der Waals surface area contributed by atoms with E-state index in [1.165, 1.54) is 66.1 Å². The molecule has 3 heteroatoms. The number of para-hydroxylation sites is 3. The predicted octanol–water partition coefficient (Wildman–Crippen LogP) is 17.7. The molecule has 2 aliphatic carbocycles. The zero-order chi connectivity index (χ0) is 44.8. The maximum atomic E-state index is 7.32. The van der Waals surface area contributed by atoms with E-state index < -0.39 is 5.41 Å². The lowest BCUT2D eigenvalue weighted by Gasteiger charge is -2.32. The molecule has 1 aromatic heterocycles. The van der Waals surface area contributed by atoms with Gasteiger partial charge in [0, 0.05) is 44.6 Å². The molecule has 318 valence electrons. The fourth-order valence-corrected chi connectivity index (χ4v) is 11.6. The van der Waals surface area contributed by atoms with E-state index in [9.17, 15) is 0 Å². The zero-order valence-electron chi connectivity index (χ0n) is 37.1. The molecule has 1 spiro atoms. The van der Waals surface area contributed by atoms with E-state index in [2.05, 4.69) is 265 Å². The van der Waals surface area contributed by atoms with E-state index in [1.54, 1.807) is 0 Å².